The Bertz CT molecular complexity index is 1330. The van der Waals surface area contributed by atoms with E-state index in [1.54, 1.807) is 11.0 Å². The molecule has 2 aliphatic rings. The summed E-state index contributed by atoms with van der Waals surface area (Å²) < 4.78 is 45.6. The summed E-state index contributed by atoms with van der Waals surface area (Å²) in [5, 5.41) is 0. The Balaban J connectivity index is 1.26. The van der Waals surface area contributed by atoms with Crippen LogP contribution in [0, 0.1) is 0 Å². The van der Waals surface area contributed by atoms with Crippen LogP contribution in [0.2, 0.25) is 0 Å². The molecule has 8 heteroatoms. The SMILES string of the molecule is CCN1CCN(CCCOc2ccc(N3C(=O)/C(=C\c4cccc(C(F)(F)F)c4)c4ccccc43)cc2)CC1. The van der Waals surface area contributed by atoms with Gasteiger partial charge in [-0.25, -0.2) is 0 Å². The van der Waals surface area contributed by atoms with E-state index < -0.39 is 11.7 Å². The van der Waals surface area contributed by atoms with Gasteiger partial charge >= 0.3 is 6.18 Å². The van der Waals surface area contributed by atoms with Gasteiger partial charge in [-0.1, -0.05) is 37.3 Å². The van der Waals surface area contributed by atoms with Crippen molar-refractivity contribution in [2.45, 2.75) is 19.5 Å². The van der Waals surface area contributed by atoms with E-state index in [1.807, 2.05) is 48.5 Å². The number of likely N-dealkylation sites (N-methyl/N-ethyl adjacent to an activating group) is 1. The fraction of sp³-hybridized carbons (Fsp3) is 0.323. The number of alkyl halides is 3. The molecule has 0 spiro atoms. The van der Waals surface area contributed by atoms with Crippen molar-refractivity contribution in [2.24, 2.45) is 0 Å². The predicted molar refractivity (Wildman–Crippen MR) is 148 cm³/mol. The molecule has 1 fully saturated rings. The van der Waals surface area contributed by atoms with Crippen LogP contribution in [0.25, 0.3) is 11.6 Å². The van der Waals surface area contributed by atoms with Crippen LogP contribution in [0.5, 0.6) is 5.75 Å². The molecule has 39 heavy (non-hydrogen) atoms. The molecule has 0 radical (unpaired) electrons. The van der Waals surface area contributed by atoms with E-state index in [4.69, 9.17) is 4.74 Å². The molecular formula is C31H32F3N3O2. The molecule has 1 saturated heterocycles. The molecule has 0 aromatic heterocycles. The molecule has 3 aromatic carbocycles. The summed E-state index contributed by atoms with van der Waals surface area (Å²) >= 11 is 0. The molecule has 2 aliphatic heterocycles. The summed E-state index contributed by atoms with van der Waals surface area (Å²) in [6.45, 7) is 9.36. The van der Waals surface area contributed by atoms with E-state index in [2.05, 4.69) is 16.7 Å². The van der Waals surface area contributed by atoms with E-state index in [1.165, 1.54) is 12.1 Å². The van der Waals surface area contributed by atoms with Crippen molar-refractivity contribution >= 4 is 28.9 Å². The number of ether oxygens (including phenoxy) is 1. The van der Waals surface area contributed by atoms with Gasteiger partial charge in [0.2, 0.25) is 0 Å². The second kappa shape index (κ2) is 11.6. The smallest absolute Gasteiger partial charge is 0.416 e. The lowest BCUT2D eigenvalue weighted by molar-refractivity contribution is -0.137. The van der Waals surface area contributed by atoms with Crippen molar-refractivity contribution < 1.29 is 22.7 Å². The Morgan fingerprint density at radius 3 is 2.33 bits per heavy atom. The van der Waals surface area contributed by atoms with Crippen LogP contribution in [0.15, 0.2) is 72.8 Å². The van der Waals surface area contributed by atoms with Gasteiger partial charge in [0.1, 0.15) is 5.75 Å². The molecular weight excluding hydrogens is 503 g/mol. The van der Waals surface area contributed by atoms with Gasteiger partial charge in [0.25, 0.3) is 5.91 Å². The standard InChI is InChI=1S/C31H32F3N3O2/c1-2-35-16-18-36(19-17-35)15-6-20-39-26-13-11-25(12-14-26)37-29-10-4-3-9-27(29)28(30(37)38)22-23-7-5-8-24(21-23)31(32,33)34/h3-5,7-14,21-22H,2,6,15-20H2,1H3/b28-22-. The first-order valence-electron chi connectivity index (χ1n) is 13.3. The number of hydrogen-bond donors (Lipinski definition) is 0. The fourth-order valence-corrected chi connectivity index (χ4v) is 5.11. The van der Waals surface area contributed by atoms with Crippen molar-refractivity contribution in [3.05, 3.63) is 89.5 Å². The van der Waals surface area contributed by atoms with Gasteiger partial charge < -0.3 is 14.5 Å². The number of anilines is 2. The molecule has 0 unspecified atom stereocenters. The van der Waals surface area contributed by atoms with Gasteiger partial charge in [-0.3, -0.25) is 9.69 Å². The van der Waals surface area contributed by atoms with E-state index in [-0.39, 0.29) is 5.91 Å². The number of halogens is 3. The zero-order valence-electron chi connectivity index (χ0n) is 22.0. The van der Waals surface area contributed by atoms with Gasteiger partial charge in [0.15, 0.2) is 0 Å². The average Bonchev–Trinajstić information content (AvgIpc) is 3.22. The topological polar surface area (TPSA) is 36.0 Å². The first kappa shape index (κ1) is 27.0. The number of piperazine rings is 1. The Kier molecular flexibility index (Phi) is 8.04. The number of carbonyl (C=O) groups excluding carboxylic acids is 1. The second-order valence-electron chi connectivity index (χ2n) is 9.81. The molecule has 5 rings (SSSR count). The van der Waals surface area contributed by atoms with Gasteiger partial charge in [-0.05, 0) is 67.1 Å². The Labute approximate surface area is 227 Å². The third-order valence-electron chi connectivity index (χ3n) is 7.29. The summed E-state index contributed by atoms with van der Waals surface area (Å²) in [5.41, 5.74) is 1.96. The molecule has 1 amide bonds. The highest BCUT2D eigenvalue weighted by molar-refractivity contribution is 6.38. The normalized spacial score (nSPS) is 17.6. The monoisotopic (exact) mass is 535 g/mol. The minimum atomic E-state index is -4.45. The van der Waals surface area contributed by atoms with Crippen molar-refractivity contribution in [3.63, 3.8) is 0 Å². The molecule has 5 nitrogen and oxygen atoms in total. The largest absolute Gasteiger partial charge is 0.494 e. The maximum Gasteiger partial charge on any atom is 0.416 e. The molecule has 0 atom stereocenters. The van der Waals surface area contributed by atoms with Gasteiger partial charge in [0, 0.05) is 44.0 Å². The minimum Gasteiger partial charge on any atom is -0.494 e. The summed E-state index contributed by atoms with van der Waals surface area (Å²) in [7, 11) is 0. The van der Waals surface area contributed by atoms with Crippen LogP contribution in [0.4, 0.5) is 24.5 Å². The highest BCUT2D eigenvalue weighted by Gasteiger charge is 2.34. The number of carbonyl (C=O) groups is 1. The Morgan fingerprint density at radius 2 is 1.62 bits per heavy atom. The molecule has 0 aliphatic carbocycles. The first-order chi connectivity index (χ1) is 18.8. The van der Waals surface area contributed by atoms with Crippen molar-refractivity contribution in [3.8, 4) is 5.75 Å². The predicted octanol–water partition coefficient (Wildman–Crippen LogP) is 6.33. The van der Waals surface area contributed by atoms with E-state index in [0.29, 0.717) is 34.7 Å². The van der Waals surface area contributed by atoms with Crippen LogP contribution in [-0.2, 0) is 11.0 Å². The number of amides is 1. The number of nitrogens with zero attached hydrogens (tertiary/aromatic N) is 3. The molecule has 3 aromatic rings. The van der Waals surface area contributed by atoms with Crippen LogP contribution in [0.1, 0.15) is 30.0 Å². The quantitative estimate of drug-likeness (QED) is 0.250. The van der Waals surface area contributed by atoms with Crippen LogP contribution >= 0.6 is 0 Å². The number of rotatable bonds is 8. The number of para-hydroxylation sites is 1. The van der Waals surface area contributed by atoms with Crippen molar-refractivity contribution in [2.75, 3.05) is 50.8 Å². The maximum atomic E-state index is 13.5. The first-order valence-corrected chi connectivity index (χ1v) is 13.3. The highest BCUT2D eigenvalue weighted by Crippen LogP contribution is 2.42. The third-order valence-corrected chi connectivity index (χ3v) is 7.29. The average molecular weight is 536 g/mol. The van der Waals surface area contributed by atoms with Crippen molar-refractivity contribution in [1.82, 2.24) is 9.80 Å². The van der Waals surface area contributed by atoms with E-state index in [9.17, 15) is 18.0 Å². The third kappa shape index (κ3) is 6.18. The highest BCUT2D eigenvalue weighted by atomic mass is 19.4. The maximum absolute atomic E-state index is 13.5. The molecule has 0 saturated carbocycles. The molecule has 204 valence electrons. The van der Waals surface area contributed by atoms with Crippen LogP contribution < -0.4 is 9.64 Å². The van der Waals surface area contributed by atoms with Gasteiger partial charge in [-0.15, -0.1) is 0 Å². The molecule has 0 N–H and O–H groups in total. The summed E-state index contributed by atoms with van der Waals surface area (Å²) in [5.74, 6) is 0.444. The van der Waals surface area contributed by atoms with Crippen LogP contribution in [0.3, 0.4) is 0 Å². The number of fused-ring (bicyclic) bond motifs is 1. The Hall–Kier alpha value is -3.62. The Morgan fingerprint density at radius 1 is 0.897 bits per heavy atom. The van der Waals surface area contributed by atoms with Crippen molar-refractivity contribution in [1.29, 1.82) is 0 Å². The minimum absolute atomic E-state index is 0.287. The summed E-state index contributed by atoms with van der Waals surface area (Å²) in [6.07, 6.45) is -1.99. The number of benzene rings is 3. The molecule has 0 bridgehead atoms. The lowest BCUT2D eigenvalue weighted by Gasteiger charge is -2.33. The van der Waals surface area contributed by atoms with E-state index >= 15 is 0 Å². The summed E-state index contributed by atoms with van der Waals surface area (Å²) in [4.78, 5) is 20.1. The fourth-order valence-electron chi connectivity index (χ4n) is 5.11. The lowest BCUT2D eigenvalue weighted by atomic mass is 10.0. The zero-order valence-corrected chi connectivity index (χ0v) is 22.0. The summed E-state index contributed by atoms with van der Waals surface area (Å²) in [6, 6.07) is 19.7. The zero-order chi connectivity index (χ0) is 27.4. The second-order valence-corrected chi connectivity index (χ2v) is 9.81. The van der Waals surface area contributed by atoms with Gasteiger partial charge in [0.05, 0.1) is 23.4 Å². The lowest BCUT2D eigenvalue weighted by Crippen LogP contribution is -2.46. The van der Waals surface area contributed by atoms with Crippen LogP contribution in [-0.4, -0.2) is 61.6 Å². The van der Waals surface area contributed by atoms with Gasteiger partial charge in [-0.2, -0.15) is 13.2 Å². The van der Waals surface area contributed by atoms with E-state index in [0.717, 1.165) is 63.6 Å². The number of hydrogen-bond acceptors (Lipinski definition) is 4. The molecule has 2 heterocycles.